The van der Waals surface area contributed by atoms with E-state index in [1.165, 1.54) is 0 Å². The summed E-state index contributed by atoms with van der Waals surface area (Å²) < 4.78 is 5.27. The minimum Gasteiger partial charge on any atom is -0.444 e. The van der Waals surface area contributed by atoms with Crippen molar-refractivity contribution < 1.29 is 14.3 Å². The van der Waals surface area contributed by atoms with Gasteiger partial charge in [0.25, 0.3) is 0 Å². The van der Waals surface area contributed by atoms with Gasteiger partial charge in [-0.2, -0.15) is 11.8 Å². The summed E-state index contributed by atoms with van der Waals surface area (Å²) in [5, 5.41) is 2.90. The number of alkyl carbamates (subject to hydrolysis) is 1. The van der Waals surface area contributed by atoms with Crippen LogP contribution in [0.3, 0.4) is 0 Å². The average Bonchev–Trinajstić information content (AvgIpc) is 2.46. The molecule has 0 atom stereocenters. The molecular weight excluding hydrogens is 302 g/mol. The summed E-state index contributed by atoms with van der Waals surface area (Å²) in [6.45, 7) is 8.64. The third-order valence-corrected chi connectivity index (χ3v) is 4.71. The molecule has 2 aliphatic rings. The van der Waals surface area contributed by atoms with Gasteiger partial charge in [0, 0.05) is 43.7 Å². The van der Waals surface area contributed by atoms with Crippen LogP contribution in [0.25, 0.3) is 0 Å². The molecule has 0 aliphatic carbocycles. The summed E-state index contributed by atoms with van der Waals surface area (Å²) in [6.07, 6.45) is 1.20. The molecule has 0 aromatic heterocycles. The lowest BCUT2D eigenvalue weighted by Crippen LogP contribution is -2.52. The predicted octanol–water partition coefficient (Wildman–Crippen LogP) is 2.14. The minimum atomic E-state index is -0.479. The molecule has 2 heterocycles. The van der Waals surface area contributed by atoms with E-state index in [4.69, 9.17) is 4.74 Å². The van der Waals surface area contributed by atoms with E-state index in [0.29, 0.717) is 13.1 Å². The normalized spacial score (nSPS) is 20.7. The second-order valence-electron chi connectivity index (χ2n) is 6.79. The van der Waals surface area contributed by atoms with E-state index in [9.17, 15) is 9.59 Å². The first-order valence-electron chi connectivity index (χ1n) is 7.96. The Labute approximate surface area is 136 Å². The number of piperidine rings is 1. The van der Waals surface area contributed by atoms with Crippen molar-refractivity contribution in [1.29, 1.82) is 0 Å². The second kappa shape index (κ2) is 7.44. The zero-order valence-electron chi connectivity index (χ0n) is 13.8. The summed E-state index contributed by atoms with van der Waals surface area (Å²) in [4.78, 5) is 28.0. The summed E-state index contributed by atoms with van der Waals surface area (Å²) in [7, 11) is 0. The molecule has 0 saturated carbocycles. The van der Waals surface area contributed by atoms with Crippen LogP contribution in [0.2, 0.25) is 0 Å². The van der Waals surface area contributed by atoms with Gasteiger partial charge in [-0.15, -0.1) is 0 Å². The molecule has 0 aromatic rings. The number of hydrogen-bond acceptors (Lipinski definition) is 4. The van der Waals surface area contributed by atoms with Crippen LogP contribution in [-0.4, -0.2) is 71.3 Å². The van der Waals surface area contributed by atoms with Gasteiger partial charge in [-0.25, -0.2) is 9.59 Å². The van der Waals surface area contributed by atoms with Gasteiger partial charge in [-0.1, -0.05) is 0 Å². The molecule has 126 valence electrons. The first-order chi connectivity index (χ1) is 10.3. The van der Waals surface area contributed by atoms with Crippen molar-refractivity contribution in [2.24, 2.45) is 0 Å². The summed E-state index contributed by atoms with van der Waals surface area (Å²) >= 11 is 1.90. The molecule has 1 N–H and O–H groups in total. The molecule has 0 aromatic carbocycles. The number of amides is 3. The van der Waals surface area contributed by atoms with Gasteiger partial charge in [0.15, 0.2) is 0 Å². The van der Waals surface area contributed by atoms with E-state index in [-0.39, 0.29) is 18.2 Å². The number of likely N-dealkylation sites (tertiary alicyclic amines) is 1. The SMILES string of the molecule is CC(C)(C)OC(=O)NC1CCN(C(=O)N2CCSCC2)CC1. The Hall–Kier alpha value is -1.11. The summed E-state index contributed by atoms with van der Waals surface area (Å²) in [6, 6.07) is 0.242. The van der Waals surface area contributed by atoms with Gasteiger partial charge in [0.2, 0.25) is 0 Å². The number of carbonyl (C=O) groups excluding carboxylic acids is 2. The molecule has 3 amide bonds. The Bertz CT molecular complexity index is 397. The molecule has 0 unspecified atom stereocenters. The van der Waals surface area contributed by atoms with Gasteiger partial charge in [-0.3, -0.25) is 0 Å². The monoisotopic (exact) mass is 329 g/mol. The van der Waals surface area contributed by atoms with E-state index in [1.54, 1.807) is 0 Å². The first-order valence-corrected chi connectivity index (χ1v) is 9.12. The van der Waals surface area contributed by atoms with E-state index in [1.807, 2.05) is 42.3 Å². The molecule has 0 radical (unpaired) electrons. The number of ether oxygens (including phenoxy) is 1. The zero-order valence-corrected chi connectivity index (χ0v) is 14.6. The summed E-state index contributed by atoms with van der Waals surface area (Å²) in [5.41, 5.74) is -0.479. The van der Waals surface area contributed by atoms with E-state index in [0.717, 1.165) is 37.4 Å². The number of nitrogens with one attached hydrogen (secondary N) is 1. The highest BCUT2D eigenvalue weighted by Gasteiger charge is 2.28. The Morgan fingerprint density at radius 3 is 2.14 bits per heavy atom. The van der Waals surface area contributed by atoms with Gasteiger partial charge in [0.05, 0.1) is 0 Å². The lowest BCUT2D eigenvalue weighted by atomic mass is 10.1. The van der Waals surface area contributed by atoms with Crippen LogP contribution in [0.5, 0.6) is 0 Å². The van der Waals surface area contributed by atoms with Crippen LogP contribution in [0.15, 0.2) is 0 Å². The molecule has 0 spiro atoms. The van der Waals surface area contributed by atoms with E-state index in [2.05, 4.69) is 5.32 Å². The fourth-order valence-electron chi connectivity index (χ4n) is 2.64. The minimum absolute atomic E-state index is 0.0933. The first kappa shape index (κ1) is 17.2. The molecule has 2 aliphatic heterocycles. The zero-order chi connectivity index (χ0) is 16.2. The molecule has 2 saturated heterocycles. The lowest BCUT2D eigenvalue weighted by Gasteiger charge is -2.37. The van der Waals surface area contributed by atoms with Crippen molar-refractivity contribution in [2.45, 2.75) is 45.3 Å². The quantitative estimate of drug-likeness (QED) is 0.801. The highest BCUT2D eigenvalue weighted by atomic mass is 32.2. The van der Waals surface area contributed by atoms with Crippen molar-refractivity contribution in [3.8, 4) is 0 Å². The van der Waals surface area contributed by atoms with Crippen molar-refractivity contribution in [2.75, 3.05) is 37.7 Å². The Balaban J connectivity index is 1.73. The number of thioether (sulfide) groups is 1. The maximum Gasteiger partial charge on any atom is 0.407 e. The number of nitrogens with zero attached hydrogens (tertiary/aromatic N) is 2. The Morgan fingerprint density at radius 1 is 1.05 bits per heavy atom. The van der Waals surface area contributed by atoms with E-state index < -0.39 is 5.60 Å². The van der Waals surface area contributed by atoms with Gasteiger partial charge in [0.1, 0.15) is 5.60 Å². The number of hydrogen-bond donors (Lipinski definition) is 1. The van der Waals surface area contributed by atoms with Crippen molar-refractivity contribution in [1.82, 2.24) is 15.1 Å². The van der Waals surface area contributed by atoms with Crippen LogP contribution in [0, 0.1) is 0 Å². The molecule has 7 heteroatoms. The van der Waals surface area contributed by atoms with Gasteiger partial charge >= 0.3 is 12.1 Å². The number of carbonyl (C=O) groups is 2. The second-order valence-corrected chi connectivity index (χ2v) is 8.01. The Kier molecular flexibility index (Phi) is 5.83. The average molecular weight is 329 g/mol. The number of urea groups is 1. The smallest absolute Gasteiger partial charge is 0.407 e. The third-order valence-electron chi connectivity index (χ3n) is 3.77. The van der Waals surface area contributed by atoms with Crippen molar-refractivity contribution in [3.63, 3.8) is 0 Å². The molecule has 6 nitrogen and oxygen atoms in total. The highest BCUT2D eigenvalue weighted by molar-refractivity contribution is 7.99. The maximum absolute atomic E-state index is 12.4. The molecule has 2 fully saturated rings. The fourth-order valence-corrected chi connectivity index (χ4v) is 3.55. The largest absolute Gasteiger partial charge is 0.444 e. The highest BCUT2D eigenvalue weighted by Crippen LogP contribution is 2.16. The molecular formula is C15H27N3O3S. The fraction of sp³-hybridized carbons (Fsp3) is 0.867. The van der Waals surface area contributed by atoms with Crippen LogP contribution < -0.4 is 5.32 Å². The molecule has 0 bridgehead atoms. The van der Waals surface area contributed by atoms with Crippen LogP contribution in [0.1, 0.15) is 33.6 Å². The standard InChI is InChI=1S/C15H27N3O3S/c1-15(2,3)21-13(19)16-12-4-6-17(7-5-12)14(20)18-8-10-22-11-9-18/h12H,4-11H2,1-3H3,(H,16,19). The third kappa shape index (κ3) is 5.26. The molecule has 2 rings (SSSR count). The van der Waals surface area contributed by atoms with Crippen LogP contribution in [-0.2, 0) is 4.74 Å². The molecule has 22 heavy (non-hydrogen) atoms. The van der Waals surface area contributed by atoms with Gasteiger partial charge < -0.3 is 19.9 Å². The van der Waals surface area contributed by atoms with E-state index >= 15 is 0 Å². The maximum atomic E-state index is 12.4. The van der Waals surface area contributed by atoms with Crippen molar-refractivity contribution >= 4 is 23.9 Å². The topological polar surface area (TPSA) is 61.9 Å². The number of rotatable bonds is 1. The van der Waals surface area contributed by atoms with Crippen LogP contribution in [0.4, 0.5) is 9.59 Å². The predicted molar refractivity (Wildman–Crippen MR) is 88.3 cm³/mol. The lowest BCUT2D eigenvalue weighted by molar-refractivity contribution is 0.0482. The van der Waals surface area contributed by atoms with Gasteiger partial charge in [-0.05, 0) is 33.6 Å². The van der Waals surface area contributed by atoms with Crippen LogP contribution >= 0.6 is 11.8 Å². The van der Waals surface area contributed by atoms with Crippen molar-refractivity contribution in [3.05, 3.63) is 0 Å². The summed E-state index contributed by atoms with van der Waals surface area (Å²) in [5.74, 6) is 2.06. The Morgan fingerprint density at radius 2 is 1.59 bits per heavy atom.